The van der Waals surface area contributed by atoms with Crippen LogP contribution in [-0.2, 0) is 9.53 Å². The highest BCUT2D eigenvalue weighted by Crippen LogP contribution is 2.16. The second kappa shape index (κ2) is 11.2. The van der Waals surface area contributed by atoms with Gasteiger partial charge in [-0.05, 0) is 48.4 Å². The molecule has 0 radical (unpaired) electrons. The lowest BCUT2D eigenvalue weighted by atomic mass is 10.2. The van der Waals surface area contributed by atoms with E-state index in [1.54, 1.807) is 36.4 Å². The van der Waals surface area contributed by atoms with Crippen molar-refractivity contribution in [1.29, 1.82) is 0 Å². The van der Waals surface area contributed by atoms with E-state index in [2.05, 4.69) is 12.2 Å². The molecule has 0 bridgehead atoms. The molecule has 0 aliphatic rings. The second-order valence-corrected chi connectivity index (χ2v) is 6.53. The summed E-state index contributed by atoms with van der Waals surface area (Å²) in [5.74, 6) is -0.621. The number of nitrogens with one attached hydrogen (secondary N) is 1. The Morgan fingerprint density at radius 2 is 1.78 bits per heavy atom. The number of benzene rings is 2. The van der Waals surface area contributed by atoms with Crippen LogP contribution in [0.4, 0.5) is 5.69 Å². The first-order valence-corrected chi connectivity index (χ1v) is 9.48. The van der Waals surface area contributed by atoms with E-state index in [0.717, 1.165) is 31.2 Å². The number of esters is 1. The summed E-state index contributed by atoms with van der Waals surface area (Å²) < 4.78 is 5.24. The Morgan fingerprint density at radius 1 is 1.04 bits per heavy atom. The van der Waals surface area contributed by atoms with Gasteiger partial charge in [0.2, 0.25) is 5.91 Å². The first kappa shape index (κ1) is 20.7. The normalized spacial score (nSPS) is 10.7. The van der Waals surface area contributed by atoms with Gasteiger partial charge in [0, 0.05) is 16.8 Å². The Hall–Kier alpha value is -2.59. The van der Waals surface area contributed by atoms with Crippen LogP contribution < -0.4 is 5.32 Å². The van der Waals surface area contributed by atoms with Gasteiger partial charge in [-0.1, -0.05) is 56.0 Å². The summed E-state index contributed by atoms with van der Waals surface area (Å²) >= 11 is 6.05. The van der Waals surface area contributed by atoms with Crippen LogP contribution in [-0.4, -0.2) is 18.5 Å². The van der Waals surface area contributed by atoms with E-state index < -0.39 is 0 Å². The van der Waals surface area contributed by atoms with Gasteiger partial charge in [0.1, 0.15) is 0 Å². The minimum absolute atomic E-state index is 0.277. The van der Waals surface area contributed by atoms with E-state index >= 15 is 0 Å². The lowest BCUT2D eigenvalue weighted by molar-refractivity contribution is -0.111. The molecule has 27 heavy (non-hydrogen) atoms. The number of amides is 1. The summed E-state index contributed by atoms with van der Waals surface area (Å²) in [5, 5.41) is 3.33. The van der Waals surface area contributed by atoms with Gasteiger partial charge in [-0.3, -0.25) is 4.79 Å². The van der Waals surface area contributed by atoms with Gasteiger partial charge < -0.3 is 10.1 Å². The second-order valence-electron chi connectivity index (χ2n) is 6.12. The number of anilines is 1. The number of hydrogen-bond acceptors (Lipinski definition) is 3. The van der Waals surface area contributed by atoms with Crippen molar-refractivity contribution in [1.82, 2.24) is 0 Å². The molecule has 0 heterocycles. The summed E-state index contributed by atoms with van der Waals surface area (Å²) in [7, 11) is 0. The molecule has 0 aliphatic heterocycles. The lowest BCUT2D eigenvalue weighted by Crippen LogP contribution is -2.09. The first-order valence-electron chi connectivity index (χ1n) is 9.11. The topological polar surface area (TPSA) is 55.4 Å². The van der Waals surface area contributed by atoms with Crippen molar-refractivity contribution < 1.29 is 14.3 Å². The third kappa shape index (κ3) is 7.27. The Morgan fingerprint density at radius 3 is 2.48 bits per heavy atom. The molecule has 0 atom stereocenters. The number of hydrogen-bond donors (Lipinski definition) is 1. The predicted molar refractivity (Wildman–Crippen MR) is 110 cm³/mol. The number of halogens is 1. The standard InChI is InChI=1S/C22H24ClNO3/c1-2-3-4-7-16-27-22(26)18-10-13-19(14-11-18)24-21(25)15-12-17-8-5-6-9-20(17)23/h5-6,8-15H,2-4,7,16H2,1H3,(H,24,25). The van der Waals surface area contributed by atoms with E-state index in [4.69, 9.17) is 16.3 Å². The fraction of sp³-hybridized carbons (Fsp3) is 0.273. The number of unbranched alkanes of at least 4 members (excludes halogenated alkanes) is 3. The van der Waals surface area contributed by atoms with Gasteiger partial charge in [0.25, 0.3) is 0 Å². The SMILES string of the molecule is CCCCCCOC(=O)c1ccc(NC(=O)C=Cc2ccccc2Cl)cc1. The smallest absolute Gasteiger partial charge is 0.338 e. The minimum atomic E-state index is -0.344. The molecule has 0 saturated carbocycles. The quantitative estimate of drug-likeness (QED) is 0.340. The van der Waals surface area contributed by atoms with E-state index in [0.29, 0.717) is 22.9 Å². The number of ether oxygens (including phenoxy) is 1. The van der Waals surface area contributed by atoms with Crippen LogP contribution in [0.25, 0.3) is 6.08 Å². The number of carbonyl (C=O) groups is 2. The molecule has 0 unspecified atom stereocenters. The fourth-order valence-corrected chi connectivity index (χ4v) is 2.63. The molecule has 0 aliphatic carbocycles. The van der Waals surface area contributed by atoms with E-state index in [-0.39, 0.29) is 11.9 Å². The molecule has 0 aromatic heterocycles. The molecule has 1 N–H and O–H groups in total. The molecule has 2 rings (SSSR count). The molecular weight excluding hydrogens is 362 g/mol. The van der Waals surface area contributed by atoms with Crippen LogP contribution in [0.3, 0.4) is 0 Å². The molecular formula is C22H24ClNO3. The minimum Gasteiger partial charge on any atom is -0.462 e. The summed E-state index contributed by atoms with van der Waals surface area (Å²) in [6.07, 6.45) is 7.31. The summed E-state index contributed by atoms with van der Waals surface area (Å²) in [6.45, 7) is 2.57. The molecule has 0 spiro atoms. The zero-order valence-corrected chi connectivity index (χ0v) is 16.2. The number of carbonyl (C=O) groups excluding carboxylic acids is 2. The zero-order chi connectivity index (χ0) is 19.5. The van der Waals surface area contributed by atoms with Crippen LogP contribution in [0, 0.1) is 0 Å². The van der Waals surface area contributed by atoms with E-state index in [1.165, 1.54) is 6.08 Å². The Bertz CT molecular complexity index is 784. The van der Waals surface area contributed by atoms with Crippen molar-refractivity contribution in [3.05, 3.63) is 70.8 Å². The fourth-order valence-electron chi connectivity index (χ4n) is 2.43. The summed E-state index contributed by atoms with van der Waals surface area (Å²) in [6, 6.07) is 13.9. The average Bonchev–Trinajstić information content (AvgIpc) is 2.67. The highest BCUT2D eigenvalue weighted by atomic mass is 35.5. The van der Waals surface area contributed by atoms with Crippen LogP contribution in [0.15, 0.2) is 54.6 Å². The van der Waals surface area contributed by atoms with Crippen molar-refractivity contribution in [3.8, 4) is 0 Å². The molecule has 2 aromatic carbocycles. The van der Waals surface area contributed by atoms with Crippen molar-refractivity contribution >= 4 is 35.2 Å². The number of rotatable bonds is 9. The molecule has 5 heteroatoms. The first-order chi connectivity index (χ1) is 13.1. The Kier molecular flexibility index (Phi) is 8.59. The van der Waals surface area contributed by atoms with Gasteiger partial charge in [0.15, 0.2) is 0 Å². The third-order valence-corrected chi connectivity index (χ3v) is 4.28. The van der Waals surface area contributed by atoms with Crippen LogP contribution in [0.2, 0.25) is 5.02 Å². The predicted octanol–water partition coefficient (Wildman–Crippen LogP) is 5.73. The van der Waals surface area contributed by atoms with Gasteiger partial charge in [-0.2, -0.15) is 0 Å². The lowest BCUT2D eigenvalue weighted by Gasteiger charge is -2.06. The van der Waals surface area contributed by atoms with Crippen molar-refractivity contribution in [2.75, 3.05) is 11.9 Å². The maximum absolute atomic E-state index is 12.0. The van der Waals surface area contributed by atoms with E-state index in [9.17, 15) is 9.59 Å². The van der Waals surface area contributed by atoms with Crippen LogP contribution in [0.1, 0.15) is 48.5 Å². The third-order valence-electron chi connectivity index (χ3n) is 3.94. The maximum atomic E-state index is 12.0. The summed E-state index contributed by atoms with van der Waals surface area (Å²) in [4.78, 5) is 24.0. The van der Waals surface area contributed by atoms with Crippen molar-refractivity contribution in [3.63, 3.8) is 0 Å². The van der Waals surface area contributed by atoms with Gasteiger partial charge in [0.05, 0.1) is 12.2 Å². The van der Waals surface area contributed by atoms with Crippen molar-refractivity contribution in [2.45, 2.75) is 32.6 Å². The van der Waals surface area contributed by atoms with Gasteiger partial charge in [-0.15, -0.1) is 0 Å². The molecule has 0 fully saturated rings. The van der Waals surface area contributed by atoms with Gasteiger partial charge >= 0.3 is 5.97 Å². The molecule has 1 amide bonds. The van der Waals surface area contributed by atoms with Crippen LogP contribution in [0.5, 0.6) is 0 Å². The molecule has 2 aromatic rings. The highest BCUT2D eigenvalue weighted by Gasteiger charge is 2.07. The Balaban J connectivity index is 1.83. The molecule has 4 nitrogen and oxygen atoms in total. The Labute approximate surface area is 165 Å². The maximum Gasteiger partial charge on any atom is 0.338 e. The largest absolute Gasteiger partial charge is 0.462 e. The van der Waals surface area contributed by atoms with Gasteiger partial charge in [-0.25, -0.2) is 4.79 Å². The highest BCUT2D eigenvalue weighted by molar-refractivity contribution is 6.32. The summed E-state index contributed by atoms with van der Waals surface area (Å²) in [5.41, 5.74) is 1.84. The zero-order valence-electron chi connectivity index (χ0n) is 15.4. The van der Waals surface area contributed by atoms with Crippen molar-refractivity contribution in [2.24, 2.45) is 0 Å². The monoisotopic (exact) mass is 385 g/mol. The molecule has 142 valence electrons. The van der Waals surface area contributed by atoms with Crippen LogP contribution >= 0.6 is 11.6 Å². The molecule has 0 saturated heterocycles. The van der Waals surface area contributed by atoms with E-state index in [1.807, 2.05) is 18.2 Å². The average molecular weight is 386 g/mol.